The molecule has 0 saturated heterocycles. The molecular formula is C23H26F4N4O6S. The first kappa shape index (κ1) is 28.8. The van der Waals surface area contributed by atoms with Crippen molar-refractivity contribution < 1.29 is 45.0 Å². The average Bonchev–Trinajstić information content (AvgIpc) is 2.81. The van der Waals surface area contributed by atoms with Gasteiger partial charge in [-0.2, -0.15) is 13.2 Å². The molecule has 3 rings (SSSR count). The topological polar surface area (TPSA) is 126 Å². The minimum absolute atomic E-state index is 0.0449. The second-order valence-corrected chi connectivity index (χ2v) is 10.5. The van der Waals surface area contributed by atoms with Gasteiger partial charge < -0.3 is 20.1 Å². The maximum Gasteiger partial charge on any atom is 0.427 e. The highest BCUT2D eigenvalue weighted by atomic mass is 32.2. The Labute approximate surface area is 216 Å². The summed E-state index contributed by atoms with van der Waals surface area (Å²) in [5.74, 6) is -0.596. The molecule has 0 bridgehead atoms. The standard InChI is InChI=1S/C23H26F4N4O6S/c1-4-28-20(32)29-12-16-13-31(38(34,35)17-8-5-14(24)6-9-17)18-11-15(7-10-19(18)36-16)30-21(33)37-22(2,3)23(25,26)27/h5-11,16H,4,12-13H2,1-3H3,(H,30,33)(H2,28,29,32). The Balaban J connectivity index is 1.92. The average molecular weight is 563 g/mol. The van der Waals surface area contributed by atoms with E-state index < -0.39 is 45.8 Å². The largest absolute Gasteiger partial charge is 0.484 e. The molecule has 1 aliphatic heterocycles. The Morgan fingerprint density at radius 2 is 1.76 bits per heavy atom. The molecule has 0 radical (unpaired) electrons. The maximum atomic E-state index is 13.5. The normalized spacial score (nSPS) is 15.7. The van der Waals surface area contributed by atoms with Gasteiger partial charge in [0.1, 0.15) is 17.7 Å². The van der Waals surface area contributed by atoms with E-state index in [4.69, 9.17) is 4.74 Å². The van der Waals surface area contributed by atoms with Gasteiger partial charge >= 0.3 is 18.3 Å². The smallest absolute Gasteiger partial charge is 0.427 e. The highest BCUT2D eigenvalue weighted by Gasteiger charge is 2.51. The lowest BCUT2D eigenvalue weighted by atomic mass is 10.1. The summed E-state index contributed by atoms with van der Waals surface area (Å²) in [5.41, 5.74) is -2.90. The van der Waals surface area contributed by atoms with Gasteiger partial charge in [0.05, 0.1) is 23.7 Å². The van der Waals surface area contributed by atoms with Crippen LogP contribution in [0.1, 0.15) is 20.8 Å². The van der Waals surface area contributed by atoms with E-state index in [2.05, 4.69) is 20.7 Å². The van der Waals surface area contributed by atoms with Crippen LogP contribution in [-0.2, 0) is 14.8 Å². The van der Waals surface area contributed by atoms with Crippen LogP contribution in [0.25, 0.3) is 0 Å². The lowest BCUT2D eigenvalue weighted by molar-refractivity contribution is -0.242. The number of sulfonamides is 1. The van der Waals surface area contributed by atoms with Crippen LogP contribution in [0.15, 0.2) is 47.4 Å². The predicted molar refractivity (Wildman–Crippen MR) is 129 cm³/mol. The molecule has 0 aromatic heterocycles. The van der Waals surface area contributed by atoms with Crippen molar-refractivity contribution in [3.05, 3.63) is 48.3 Å². The molecule has 0 spiro atoms. The van der Waals surface area contributed by atoms with Crippen LogP contribution in [0, 0.1) is 5.82 Å². The molecule has 1 atom stereocenters. The van der Waals surface area contributed by atoms with Gasteiger partial charge in [0.25, 0.3) is 10.0 Å². The molecule has 2 aromatic carbocycles. The second kappa shape index (κ2) is 10.9. The first-order valence-electron chi connectivity index (χ1n) is 11.3. The summed E-state index contributed by atoms with van der Waals surface area (Å²) in [6.45, 7) is 3.09. The lowest BCUT2D eigenvalue weighted by Gasteiger charge is -2.36. The Kier molecular flexibility index (Phi) is 8.29. The molecule has 1 aliphatic rings. The Morgan fingerprint density at radius 1 is 1.11 bits per heavy atom. The van der Waals surface area contributed by atoms with Gasteiger partial charge in [0, 0.05) is 12.2 Å². The van der Waals surface area contributed by atoms with Crippen molar-refractivity contribution in [1.29, 1.82) is 0 Å². The van der Waals surface area contributed by atoms with Crippen LogP contribution in [0.3, 0.4) is 0 Å². The van der Waals surface area contributed by atoms with Gasteiger partial charge in [-0.15, -0.1) is 0 Å². The number of nitrogens with one attached hydrogen (secondary N) is 3. The van der Waals surface area contributed by atoms with E-state index in [0.29, 0.717) is 20.4 Å². The van der Waals surface area contributed by atoms with E-state index in [0.717, 1.165) is 28.6 Å². The van der Waals surface area contributed by atoms with Crippen molar-refractivity contribution in [2.24, 2.45) is 0 Å². The van der Waals surface area contributed by atoms with Crippen LogP contribution >= 0.6 is 0 Å². The van der Waals surface area contributed by atoms with Gasteiger partial charge in [-0.25, -0.2) is 22.4 Å². The van der Waals surface area contributed by atoms with Gasteiger partial charge in [-0.1, -0.05) is 0 Å². The monoisotopic (exact) mass is 562 g/mol. The molecular weight excluding hydrogens is 536 g/mol. The number of nitrogens with zero attached hydrogens (tertiary/aromatic N) is 1. The van der Waals surface area contributed by atoms with Crippen molar-refractivity contribution >= 4 is 33.5 Å². The van der Waals surface area contributed by atoms with Gasteiger partial charge in [-0.05, 0) is 63.2 Å². The van der Waals surface area contributed by atoms with Crippen LogP contribution in [0.4, 0.5) is 38.5 Å². The van der Waals surface area contributed by atoms with E-state index in [1.54, 1.807) is 6.92 Å². The van der Waals surface area contributed by atoms with E-state index in [1.165, 1.54) is 18.2 Å². The zero-order chi connectivity index (χ0) is 28.3. The first-order chi connectivity index (χ1) is 17.6. The Bertz CT molecular complexity index is 1290. The second-order valence-electron chi connectivity index (χ2n) is 8.68. The fraction of sp³-hybridized carbons (Fsp3) is 0.391. The molecule has 208 valence electrons. The molecule has 10 nitrogen and oxygen atoms in total. The van der Waals surface area contributed by atoms with Gasteiger partial charge in [0.15, 0.2) is 0 Å². The number of carbonyl (C=O) groups is 2. The summed E-state index contributed by atoms with van der Waals surface area (Å²) in [5, 5.41) is 7.25. The van der Waals surface area contributed by atoms with Crippen molar-refractivity contribution in [1.82, 2.24) is 10.6 Å². The third-order valence-corrected chi connectivity index (χ3v) is 7.19. The number of ether oxygens (including phenoxy) is 2. The summed E-state index contributed by atoms with van der Waals surface area (Å²) in [7, 11) is -4.30. The number of hydrogen-bond donors (Lipinski definition) is 3. The third kappa shape index (κ3) is 6.57. The van der Waals surface area contributed by atoms with Crippen molar-refractivity contribution in [3.8, 4) is 5.75 Å². The number of alkyl halides is 3. The van der Waals surface area contributed by atoms with Crippen LogP contribution in [0.2, 0.25) is 0 Å². The van der Waals surface area contributed by atoms with E-state index in [1.807, 2.05) is 0 Å². The maximum absolute atomic E-state index is 13.5. The van der Waals surface area contributed by atoms with Crippen molar-refractivity contribution in [2.75, 3.05) is 29.3 Å². The summed E-state index contributed by atoms with van der Waals surface area (Å²) in [4.78, 5) is 23.7. The predicted octanol–water partition coefficient (Wildman–Crippen LogP) is 3.99. The van der Waals surface area contributed by atoms with E-state index in [-0.39, 0.29) is 35.1 Å². The number of rotatable bonds is 7. The lowest BCUT2D eigenvalue weighted by Crippen LogP contribution is -2.49. The molecule has 2 aromatic rings. The number of benzene rings is 2. The van der Waals surface area contributed by atoms with E-state index >= 15 is 0 Å². The number of fused-ring (bicyclic) bond motifs is 1. The zero-order valence-corrected chi connectivity index (χ0v) is 21.4. The van der Waals surface area contributed by atoms with Crippen molar-refractivity contribution in [3.63, 3.8) is 0 Å². The highest BCUT2D eigenvalue weighted by molar-refractivity contribution is 7.92. The number of carbonyl (C=O) groups excluding carboxylic acids is 2. The first-order valence-corrected chi connectivity index (χ1v) is 12.8. The number of urea groups is 1. The molecule has 38 heavy (non-hydrogen) atoms. The molecule has 15 heteroatoms. The van der Waals surface area contributed by atoms with Crippen LogP contribution < -0.4 is 25.0 Å². The molecule has 0 saturated carbocycles. The summed E-state index contributed by atoms with van der Waals surface area (Å²) >= 11 is 0. The molecule has 1 unspecified atom stereocenters. The minimum Gasteiger partial charge on any atom is -0.484 e. The number of hydrogen-bond acceptors (Lipinski definition) is 6. The molecule has 0 fully saturated rings. The summed E-state index contributed by atoms with van der Waals surface area (Å²) < 4.78 is 90.9. The molecule has 3 N–H and O–H groups in total. The van der Waals surface area contributed by atoms with Crippen molar-refractivity contribution in [2.45, 2.75) is 43.5 Å². The SMILES string of the molecule is CCNC(=O)NCC1CN(S(=O)(=O)c2ccc(F)cc2)c2cc(NC(=O)OC(C)(C)C(F)(F)F)ccc2O1. The summed E-state index contributed by atoms with van der Waals surface area (Å²) in [6.07, 6.45) is -7.08. The number of amides is 3. The minimum atomic E-state index is -4.83. The number of halogens is 4. The summed E-state index contributed by atoms with van der Waals surface area (Å²) in [6, 6.07) is 7.37. The Hall–Kier alpha value is -3.75. The van der Waals surface area contributed by atoms with Crippen LogP contribution in [0.5, 0.6) is 5.75 Å². The van der Waals surface area contributed by atoms with Crippen LogP contribution in [-0.4, -0.2) is 58.1 Å². The molecule has 1 heterocycles. The Morgan fingerprint density at radius 3 is 2.37 bits per heavy atom. The van der Waals surface area contributed by atoms with Gasteiger partial charge in [0.2, 0.25) is 5.60 Å². The third-order valence-electron chi connectivity index (χ3n) is 5.40. The zero-order valence-electron chi connectivity index (χ0n) is 20.6. The van der Waals surface area contributed by atoms with Gasteiger partial charge in [-0.3, -0.25) is 9.62 Å². The number of anilines is 2. The fourth-order valence-electron chi connectivity index (χ4n) is 3.32. The molecule has 3 amide bonds. The molecule has 0 aliphatic carbocycles. The quantitative estimate of drug-likeness (QED) is 0.438. The highest BCUT2D eigenvalue weighted by Crippen LogP contribution is 2.39. The van der Waals surface area contributed by atoms with E-state index in [9.17, 15) is 35.6 Å². The fourth-order valence-corrected chi connectivity index (χ4v) is 4.82.